The van der Waals surface area contributed by atoms with E-state index in [4.69, 9.17) is 0 Å². The average molecular weight is 213 g/mol. The van der Waals surface area contributed by atoms with Crippen molar-refractivity contribution in [3.05, 3.63) is 42.1 Å². The van der Waals surface area contributed by atoms with Crippen molar-refractivity contribution in [1.29, 1.82) is 0 Å². The highest BCUT2D eigenvalue weighted by Crippen LogP contribution is 2.17. The fourth-order valence-electron chi connectivity index (χ4n) is 1.43. The highest BCUT2D eigenvalue weighted by molar-refractivity contribution is 5.57. The molecule has 0 atom stereocenters. The van der Waals surface area contributed by atoms with Crippen molar-refractivity contribution in [3.63, 3.8) is 0 Å². The number of pyridine rings is 1. The molecule has 0 bridgehead atoms. The van der Waals surface area contributed by atoms with E-state index >= 15 is 0 Å². The van der Waals surface area contributed by atoms with E-state index in [1.54, 1.807) is 6.20 Å². The Morgan fingerprint density at radius 3 is 2.50 bits per heavy atom. The van der Waals surface area contributed by atoms with Gasteiger partial charge in [-0.15, -0.1) is 0 Å². The van der Waals surface area contributed by atoms with E-state index in [9.17, 15) is 0 Å². The van der Waals surface area contributed by atoms with Gasteiger partial charge in [-0.05, 0) is 25.1 Å². The van der Waals surface area contributed by atoms with Crippen LogP contribution in [0.15, 0.2) is 30.6 Å². The number of nitrogens with zero attached hydrogens (tertiary/aromatic N) is 3. The first-order chi connectivity index (χ1) is 7.66. The van der Waals surface area contributed by atoms with Gasteiger partial charge >= 0.3 is 0 Å². The second kappa shape index (κ2) is 4.39. The van der Waals surface area contributed by atoms with Gasteiger partial charge in [0.05, 0.1) is 5.69 Å². The zero-order valence-electron chi connectivity index (χ0n) is 9.81. The van der Waals surface area contributed by atoms with E-state index in [-0.39, 0.29) is 0 Å². The Kier molecular flexibility index (Phi) is 2.95. The predicted octanol–water partition coefficient (Wildman–Crippen LogP) is 2.97. The molecule has 3 heteroatoms. The predicted molar refractivity (Wildman–Crippen MR) is 64.1 cm³/mol. The van der Waals surface area contributed by atoms with Crippen molar-refractivity contribution < 1.29 is 0 Å². The molecule has 0 aliphatic carbocycles. The number of rotatable bonds is 2. The van der Waals surface area contributed by atoms with Gasteiger partial charge in [-0.25, -0.2) is 9.97 Å². The number of hydrogen-bond donors (Lipinski definition) is 0. The highest BCUT2D eigenvalue weighted by atomic mass is 14.9. The topological polar surface area (TPSA) is 38.7 Å². The molecule has 82 valence electrons. The van der Waals surface area contributed by atoms with Crippen LogP contribution in [0, 0.1) is 6.92 Å². The van der Waals surface area contributed by atoms with E-state index in [2.05, 4.69) is 28.8 Å². The maximum Gasteiger partial charge on any atom is 0.131 e. The molecule has 0 fully saturated rings. The van der Waals surface area contributed by atoms with Gasteiger partial charge in [0.25, 0.3) is 0 Å². The Morgan fingerprint density at radius 1 is 1.06 bits per heavy atom. The van der Waals surface area contributed by atoms with Gasteiger partial charge in [-0.1, -0.05) is 13.8 Å². The van der Waals surface area contributed by atoms with Gasteiger partial charge in [-0.2, -0.15) is 0 Å². The summed E-state index contributed by atoms with van der Waals surface area (Å²) >= 11 is 0. The Bertz CT molecular complexity index is 475. The highest BCUT2D eigenvalue weighted by Gasteiger charge is 2.05. The standard InChI is InChI=1S/C13H15N3/c1-9(2)13-14-7-6-12(16-13)11-5-4-10(3)15-8-11/h4-9H,1-3H3. The van der Waals surface area contributed by atoms with E-state index in [0.29, 0.717) is 5.92 Å². The molecule has 2 aromatic heterocycles. The van der Waals surface area contributed by atoms with E-state index in [1.165, 1.54) is 0 Å². The van der Waals surface area contributed by atoms with Crippen LogP contribution >= 0.6 is 0 Å². The monoisotopic (exact) mass is 213 g/mol. The van der Waals surface area contributed by atoms with Crippen LogP contribution in [0.2, 0.25) is 0 Å². The van der Waals surface area contributed by atoms with Crippen molar-refractivity contribution in [2.45, 2.75) is 26.7 Å². The third-order valence-electron chi connectivity index (χ3n) is 2.40. The molecule has 0 N–H and O–H groups in total. The first-order valence-electron chi connectivity index (χ1n) is 5.43. The van der Waals surface area contributed by atoms with Crippen LogP contribution in [0.1, 0.15) is 31.3 Å². The first-order valence-corrected chi connectivity index (χ1v) is 5.43. The Labute approximate surface area is 95.6 Å². The van der Waals surface area contributed by atoms with Crippen LogP contribution in [-0.4, -0.2) is 15.0 Å². The molecular weight excluding hydrogens is 198 g/mol. The fraction of sp³-hybridized carbons (Fsp3) is 0.308. The Balaban J connectivity index is 2.40. The molecule has 0 aliphatic heterocycles. The van der Waals surface area contributed by atoms with Crippen molar-refractivity contribution in [2.75, 3.05) is 0 Å². The van der Waals surface area contributed by atoms with Gasteiger partial charge in [0.2, 0.25) is 0 Å². The lowest BCUT2D eigenvalue weighted by Crippen LogP contribution is -1.98. The molecule has 0 spiro atoms. The normalized spacial score (nSPS) is 10.8. The van der Waals surface area contributed by atoms with Crippen LogP contribution in [0.5, 0.6) is 0 Å². The Hall–Kier alpha value is -1.77. The molecule has 0 saturated carbocycles. The molecule has 3 nitrogen and oxygen atoms in total. The summed E-state index contributed by atoms with van der Waals surface area (Å²) in [6.07, 6.45) is 3.65. The van der Waals surface area contributed by atoms with Crippen molar-refractivity contribution in [3.8, 4) is 11.3 Å². The minimum atomic E-state index is 0.346. The second-order valence-electron chi connectivity index (χ2n) is 4.14. The molecule has 2 heterocycles. The molecule has 2 rings (SSSR count). The SMILES string of the molecule is Cc1ccc(-c2ccnc(C(C)C)n2)cn1. The van der Waals surface area contributed by atoms with Crippen LogP contribution in [0.4, 0.5) is 0 Å². The summed E-state index contributed by atoms with van der Waals surface area (Å²) in [6, 6.07) is 5.94. The summed E-state index contributed by atoms with van der Waals surface area (Å²) in [7, 11) is 0. The van der Waals surface area contributed by atoms with Gasteiger partial charge in [0.1, 0.15) is 5.82 Å². The lowest BCUT2D eigenvalue weighted by atomic mass is 10.1. The van der Waals surface area contributed by atoms with Gasteiger partial charge in [0, 0.05) is 29.6 Å². The molecule has 0 aliphatic rings. The third-order valence-corrected chi connectivity index (χ3v) is 2.40. The van der Waals surface area contributed by atoms with Crippen molar-refractivity contribution in [2.24, 2.45) is 0 Å². The molecule has 0 amide bonds. The number of aromatic nitrogens is 3. The molecular formula is C13H15N3. The number of aryl methyl sites for hydroxylation is 1. The lowest BCUT2D eigenvalue weighted by Gasteiger charge is -2.05. The number of hydrogen-bond acceptors (Lipinski definition) is 3. The molecule has 0 saturated heterocycles. The van der Waals surface area contributed by atoms with Crippen LogP contribution < -0.4 is 0 Å². The summed E-state index contributed by atoms with van der Waals surface area (Å²) < 4.78 is 0. The molecule has 0 aromatic carbocycles. The van der Waals surface area contributed by atoms with E-state index < -0.39 is 0 Å². The Morgan fingerprint density at radius 2 is 1.88 bits per heavy atom. The maximum atomic E-state index is 4.52. The van der Waals surface area contributed by atoms with E-state index in [1.807, 2.05) is 31.3 Å². The van der Waals surface area contributed by atoms with Crippen LogP contribution in [0.3, 0.4) is 0 Å². The van der Waals surface area contributed by atoms with Crippen molar-refractivity contribution >= 4 is 0 Å². The minimum Gasteiger partial charge on any atom is -0.261 e. The van der Waals surface area contributed by atoms with Gasteiger partial charge < -0.3 is 0 Å². The summed E-state index contributed by atoms with van der Waals surface area (Å²) in [5, 5.41) is 0. The maximum absolute atomic E-state index is 4.52. The van der Waals surface area contributed by atoms with Gasteiger partial charge in [-0.3, -0.25) is 4.98 Å². The summed E-state index contributed by atoms with van der Waals surface area (Å²) in [5.74, 6) is 1.22. The smallest absolute Gasteiger partial charge is 0.131 e. The summed E-state index contributed by atoms with van der Waals surface area (Å²) in [5.41, 5.74) is 2.99. The third kappa shape index (κ3) is 2.24. The first kappa shape index (κ1) is 10.7. The summed E-state index contributed by atoms with van der Waals surface area (Å²) in [6.45, 7) is 6.16. The zero-order chi connectivity index (χ0) is 11.5. The largest absolute Gasteiger partial charge is 0.261 e. The quantitative estimate of drug-likeness (QED) is 0.769. The molecule has 0 radical (unpaired) electrons. The van der Waals surface area contributed by atoms with Crippen LogP contribution in [-0.2, 0) is 0 Å². The lowest BCUT2D eigenvalue weighted by molar-refractivity contribution is 0.776. The molecule has 2 aromatic rings. The fourth-order valence-corrected chi connectivity index (χ4v) is 1.43. The van der Waals surface area contributed by atoms with Crippen LogP contribution in [0.25, 0.3) is 11.3 Å². The molecule has 0 unspecified atom stereocenters. The van der Waals surface area contributed by atoms with Crippen molar-refractivity contribution in [1.82, 2.24) is 15.0 Å². The minimum absolute atomic E-state index is 0.346. The van der Waals surface area contributed by atoms with E-state index in [0.717, 1.165) is 22.8 Å². The second-order valence-corrected chi connectivity index (χ2v) is 4.14. The zero-order valence-corrected chi connectivity index (χ0v) is 9.81. The van der Waals surface area contributed by atoms with Gasteiger partial charge in [0.15, 0.2) is 0 Å². The molecule has 16 heavy (non-hydrogen) atoms. The summed E-state index contributed by atoms with van der Waals surface area (Å²) in [4.78, 5) is 13.0. The average Bonchev–Trinajstić information content (AvgIpc) is 2.30.